The number of alkyl halides is 3. The Morgan fingerprint density at radius 2 is 1.71 bits per heavy atom. The van der Waals surface area contributed by atoms with Gasteiger partial charge in [0.1, 0.15) is 0 Å². The summed E-state index contributed by atoms with van der Waals surface area (Å²) in [6.45, 7) is 6.68. The van der Waals surface area contributed by atoms with Crippen LogP contribution in [0, 0.1) is 0 Å². The quantitative estimate of drug-likeness (QED) is 0.946. The third kappa shape index (κ3) is 4.25. The molecule has 0 aromatic carbocycles. The summed E-state index contributed by atoms with van der Waals surface area (Å²) in [5.74, 6) is 0.102. The van der Waals surface area contributed by atoms with Crippen molar-refractivity contribution in [1.82, 2.24) is 25.1 Å². The molecule has 2 heterocycles. The molecule has 2 rings (SSSR count). The van der Waals surface area contributed by atoms with Gasteiger partial charge in [0.2, 0.25) is 5.95 Å². The van der Waals surface area contributed by atoms with E-state index in [2.05, 4.69) is 20.4 Å². The fraction of sp³-hybridized carbons (Fsp3) is 0.462. The Morgan fingerprint density at radius 3 is 2.19 bits per heavy atom. The Kier molecular flexibility index (Phi) is 3.99. The Labute approximate surface area is 120 Å². The molecule has 8 heteroatoms. The van der Waals surface area contributed by atoms with E-state index >= 15 is 0 Å². The zero-order chi connectivity index (χ0) is 15.7. The number of nitrogens with zero attached hydrogens (tertiary/aromatic N) is 4. The zero-order valence-electron chi connectivity index (χ0n) is 11.9. The highest BCUT2D eigenvalue weighted by Gasteiger charge is 2.32. The van der Waals surface area contributed by atoms with E-state index in [-0.39, 0.29) is 11.5 Å². The van der Waals surface area contributed by atoms with E-state index in [1.54, 1.807) is 12.4 Å². The molecule has 0 atom stereocenters. The first kappa shape index (κ1) is 15.4. The Morgan fingerprint density at radius 1 is 1.10 bits per heavy atom. The molecule has 0 bridgehead atoms. The summed E-state index contributed by atoms with van der Waals surface area (Å²) < 4.78 is 38.5. The van der Waals surface area contributed by atoms with Crippen LogP contribution >= 0.6 is 0 Å². The topological polar surface area (TPSA) is 55.6 Å². The van der Waals surface area contributed by atoms with Crippen molar-refractivity contribution in [2.24, 2.45) is 0 Å². The number of hydrogen-bond acceptors (Lipinski definition) is 4. The molecule has 0 saturated heterocycles. The highest BCUT2D eigenvalue weighted by atomic mass is 19.4. The minimum atomic E-state index is -4.42. The van der Waals surface area contributed by atoms with E-state index in [0.29, 0.717) is 6.54 Å². The van der Waals surface area contributed by atoms with Gasteiger partial charge in [-0.3, -0.25) is 0 Å². The SMILES string of the molecule is CC(C)(C)NCc1cnc(-n2cc(C(F)(F)F)cn2)nc1. The van der Waals surface area contributed by atoms with Gasteiger partial charge in [0.25, 0.3) is 0 Å². The Hall–Kier alpha value is -1.96. The number of nitrogens with one attached hydrogen (secondary N) is 1. The van der Waals surface area contributed by atoms with E-state index < -0.39 is 11.7 Å². The summed E-state index contributed by atoms with van der Waals surface area (Å²) in [7, 11) is 0. The van der Waals surface area contributed by atoms with Crippen LogP contribution in [-0.4, -0.2) is 25.3 Å². The first-order valence-electron chi connectivity index (χ1n) is 6.33. The van der Waals surface area contributed by atoms with Crippen LogP contribution in [0.1, 0.15) is 31.9 Å². The maximum absolute atomic E-state index is 12.5. The molecule has 0 spiro atoms. The average molecular weight is 299 g/mol. The zero-order valence-corrected chi connectivity index (χ0v) is 11.9. The molecule has 0 aliphatic rings. The summed E-state index contributed by atoms with van der Waals surface area (Å²) in [6, 6.07) is 0. The van der Waals surface area contributed by atoms with Gasteiger partial charge < -0.3 is 5.32 Å². The molecule has 0 unspecified atom stereocenters. The van der Waals surface area contributed by atoms with Gasteiger partial charge in [0.15, 0.2) is 0 Å². The highest BCUT2D eigenvalue weighted by Crippen LogP contribution is 2.28. The van der Waals surface area contributed by atoms with Gasteiger partial charge in [0, 0.05) is 36.2 Å². The molecule has 2 aromatic rings. The number of halogens is 3. The largest absolute Gasteiger partial charge is 0.419 e. The second-order valence-electron chi connectivity index (χ2n) is 5.67. The van der Waals surface area contributed by atoms with Gasteiger partial charge in [0.05, 0.1) is 11.8 Å². The average Bonchev–Trinajstić information content (AvgIpc) is 2.85. The summed E-state index contributed by atoms with van der Waals surface area (Å²) in [5, 5.41) is 6.89. The van der Waals surface area contributed by atoms with Gasteiger partial charge in [-0.15, -0.1) is 0 Å². The lowest BCUT2D eigenvalue weighted by atomic mass is 10.1. The van der Waals surface area contributed by atoms with Crippen LogP contribution in [0.15, 0.2) is 24.8 Å². The first-order valence-corrected chi connectivity index (χ1v) is 6.33. The van der Waals surface area contributed by atoms with Gasteiger partial charge in [-0.25, -0.2) is 14.6 Å². The van der Waals surface area contributed by atoms with Crippen molar-refractivity contribution in [3.05, 3.63) is 35.9 Å². The smallest absolute Gasteiger partial charge is 0.308 e. The third-order valence-electron chi connectivity index (χ3n) is 2.63. The predicted octanol–water partition coefficient (Wildman–Crippen LogP) is 2.57. The van der Waals surface area contributed by atoms with Crippen molar-refractivity contribution >= 4 is 0 Å². The van der Waals surface area contributed by atoms with Gasteiger partial charge in [-0.2, -0.15) is 18.3 Å². The molecule has 0 fully saturated rings. The van der Waals surface area contributed by atoms with E-state index in [9.17, 15) is 13.2 Å². The summed E-state index contributed by atoms with van der Waals surface area (Å²) in [5.41, 5.74) is -0.0242. The van der Waals surface area contributed by atoms with Crippen LogP contribution in [0.2, 0.25) is 0 Å². The summed E-state index contributed by atoms with van der Waals surface area (Å²) in [4.78, 5) is 8.05. The molecule has 5 nitrogen and oxygen atoms in total. The monoisotopic (exact) mass is 299 g/mol. The normalized spacial score (nSPS) is 12.7. The van der Waals surface area contributed by atoms with Crippen LogP contribution < -0.4 is 5.32 Å². The van der Waals surface area contributed by atoms with Crippen LogP contribution in [0.4, 0.5) is 13.2 Å². The number of rotatable bonds is 3. The van der Waals surface area contributed by atoms with E-state index in [1.165, 1.54) is 0 Å². The molecule has 0 radical (unpaired) electrons. The number of hydrogen-bond donors (Lipinski definition) is 1. The predicted molar refractivity (Wildman–Crippen MR) is 70.7 cm³/mol. The standard InChI is InChI=1S/C13H16F3N5/c1-12(2,3)19-6-9-4-17-11(18-5-9)21-8-10(7-20-21)13(14,15)16/h4-5,7-8,19H,6H2,1-3H3. The summed E-state index contributed by atoms with van der Waals surface area (Å²) >= 11 is 0. The van der Waals surface area contributed by atoms with Crippen LogP contribution in [0.3, 0.4) is 0 Å². The molecule has 0 amide bonds. The molecule has 0 saturated carbocycles. The van der Waals surface area contributed by atoms with Crippen molar-refractivity contribution in [1.29, 1.82) is 0 Å². The maximum Gasteiger partial charge on any atom is 0.419 e. The van der Waals surface area contributed by atoms with Crippen molar-refractivity contribution in [3.63, 3.8) is 0 Å². The first-order chi connectivity index (χ1) is 9.65. The fourth-order valence-corrected chi connectivity index (χ4v) is 1.50. The molecule has 1 N–H and O–H groups in total. The molecule has 21 heavy (non-hydrogen) atoms. The van der Waals surface area contributed by atoms with Crippen LogP contribution in [0.5, 0.6) is 0 Å². The van der Waals surface area contributed by atoms with Gasteiger partial charge in [-0.05, 0) is 20.8 Å². The lowest BCUT2D eigenvalue weighted by Crippen LogP contribution is -2.35. The van der Waals surface area contributed by atoms with E-state index in [0.717, 1.165) is 22.6 Å². The summed E-state index contributed by atoms with van der Waals surface area (Å²) in [6.07, 6.45) is 0.321. The second-order valence-corrected chi connectivity index (χ2v) is 5.67. The minimum Gasteiger partial charge on any atom is -0.308 e. The van der Waals surface area contributed by atoms with Crippen LogP contribution in [-0.2, 0) is 12.7 Å². The van der Waals surface area contributed by atoms with Crippen molar-refractivity contribution < 1.29 is 13.2 Å². The molecule has 0 aliphatic carbocycles. The third-order valence-corrected chi connectivity index (χ3v) is 2.63. The lowest BCUT2D eigenvalue weighted by Gasteiger charge is -2.20. The van der Waals surface area contributed by atoms with Crippen molar-refractivity contribution in [3.8, 4) is 5.95 Å². The van der Waals surface area contributed by atoms with Crippen molar-refractivity contribution in [2.45, 2.75) is 39.0 Å². The van der Waals surface area contributed by atoms with Gasteiger partial charge in [-0.1, -0.05) is 0 Å². The molecular weight excluding hydrogens is 283 g/mol. The van der Waals surface area contributed by atoms with Gasteiger partial charge >= 0.3 is 6.18 Å². The Bertz CT molecular complexity index is 596. The fourth-order valence-electron chi connectivity index (χ4n) is 1.50. The maximum atomic E-state index is 12.5. The van der Waals surface area contributed by atoms with Crippen LogP contribution in [0.25, 0.3) is 5.95 Å². The molecule has 2 aromatic heterocycles. The molecular formula is C13H16F3N5. The minimum absolute atomic E-state index is 0.0394. The lowest BCUT2D eigenvalue weighted by molar-refractivity contribution is -0.137. The Balaban J connectivity index is 2.10. The highest BCUT2D eigenvalue weighted by molar-refractivity contribution is 5.18. The second kappa shape index (κ2) is 5.44. The van der Waals surface area contributed by atoms with E-state index in [1.807, 2.05) is 20.8 Å². The van der Waals surface area contributed by atoms with Crippen molar-refractivity contribution in [2.75, 3.05) is 0 Å². The van der Waals surface area contributed by atoms with E-state index in [4.69, 9.17) is 0 Å². The number of aromatic nitrogens is 4. The molecule has 114 valence electrons. The molecule has 0 aliphatic heterocycles.